The van der Waals surface area contributed by atoms with Gasteiger partial charge in [-0.25, -0.2) is 13.1 Å². The number of carbonyl (C=O) groups is 1. The molecule has 0 bridgehead atoms. The molecule has 0 fully saturated rings. The average molecular weight is 357 g/mol. The van der Waals surface area contributed by atoms with E-state index in [0.29, 0.717) is 39.5 Å². The summed E-state index contributed by atoms with van der Waals surface area (Å²) in [7, 11) is -2.10. The summed E-state index contributed by atoms with van der Waals surface area (Å²) in [6, 6.07) is 4.85. The summed E-state index contributed by atoms with van der Waals surface area (Å²) in [6.07, 6.45) is 0. The Labute approximate surface area is 142 Å². The first-order valence-corrected chi connectivity index (χ1v) is 9.17. The van der Waals surface area contributed by atoms with Crippen LogP contribution in [0, 0.1) is 0 Å². The van der Waals surface area contributed by atoms with Crippen molar-refractivity contribution in [3.05, 3.63) is 29.3 Å². The van der Waals surface area contributed by atoms with E-state index in [4.69, 9.17) is 9.47 Å². The summed E-state index contributed by atoms with van der Waals surface area (Å²) in [5.74, 6) is -0.378. The van der Waals surface area contributed by atoms with Crippen molar-refractivity contribution in [3.63, 3.8) is 0 Å². The molecule has 1 aromatic carbocycles. The van der Waals surface area contributed by atoms with Gasteiger partial charge in [-0.1, -0.05) is 6.07 Å². The lowest BCUT2D eigenvalue weighted by atomic mass is 10.1. The molecular formula is C15H23N3O5S. The standard InChI is InChI=1S/C15H23N3O5S/c1-22-7-6-16-4-5-17-15(19)9-18-24(20,21)14-3-2-12-10-23-11-13(12)8-14/h2-3,8,16,18H,4-7,9-11H2,1H3,(H,17,19). The van der Waals surface area contributed by atoms with Crippen molar-refractivity contribution in [1.82, 2.24) is 15.4 Å². The van der Waals surface area contributed by atoms with Crippen LogP contribution in [-0.4, -0.2) is 54.2 Å². The Morgan fingerprint density at radius 1 is 1.21 bits per heavy atom. The summed E-state index contributed by atoms with van der Waals surface area (Å²) in [4.78, 5) is 11.8. The molecule has 134 valence electrons. The predicted molar refractivity (Wildman–Crippen MR) is 87.9 cm³/mol. The van der Waals surface area contributed by atoms with Gasteiger partial charge in [0.1, 0.15) is 0 Å². The topological polar surface area (TPSA) is 106 Å². The molecule has 1 aliphatic heterocycles. The van der Waals surface area contributed by atoms with Crippen LogP contribution in [0.2, 0.25) is 0 Å². The van der Waals surface area contributed by atoms with Crippen molar-refractivity contribution in [3.8, 4) is 0 Å². The van der Waals surface area contributed by atoms with Crippen LogP contribution in [0.1, 0.15) is 11.1 Å². The van der Waals surface area contributed by atoms with Gasteiger partial charge in [-0.3, -0.25) is 4.79 Å². The quantitative estimate of drug-likeness (QED) is 0.481. The summed E-state index contributed by atoms with van der Waals surface area (Å²) in [5.41, 5.74) is 1.86. The van der Waals surface area contributed by atoms with Gasteiger partial charge in [-0.2, -0.15) is 0 Å². The molecule has 24 heavy (non-hydrogen) atoms. The van der Waals surface area contributed by atoms with Gasteiger partial charge in [0.25, 0.3) is 0 Å². The van der Waals surface area contributed by atoms with Crippen molar-refractivity contribution in [2.24, 2.45) is 0 Å². The van der Waals surface area contributed by atoms with E-state index in [2.05, 4.69) is 15.4 Å². The van der Waals surface area contributed by atoms with Crippen LogP contribution >= 0.6 is 0 Å². The minimum Gasteiger partial charge on any atom is -0.383 e. The van der Waals surface area contributed by atoms with Gasteiger partial charge in [0.15, 0.2) is 0 Å². The van der Waals surface area contributed by atoms with Crippen molar-refractivity contribution in [1.29, 1.82) is 0 Å². The molecule has 1 aromatic rings. The van der Waals surface area contributed by atoms with Crippen molar-refractivity contribution >= 4 is 15.9 Å². The summed E-state index contributed by atoms with van der Waals surface area (Å²) < 4.78 is 36.9. The maximum atomic E-state index is 12.2. The number of nitrogens with one attached hydrogen (secondary N) is 3. The third kappa shape index (κ3) is 5.53. The predicted octanol–water partition coefficient (Wildman–Crippen LogP) is -0.653. The second kappa shape index (κ2) is 9.09. The molecular weight excluding hydrogens is 334 g/mol. The van der Waals surface area contributed by atoms with Gasteiger partial charge < -0.3 is 20.1 Å². The van der Waals surface area contributed by atoms with E-state index >= 15 is 0 Å². The number of hydrogen-bond donors (Lipinski definition) is 3. The minimum absolute atomic E-state index is 0.140. The fourth-order valence-electron chi connectivity index (χ4n) is 2.21. The molecule has 1 amide bonds. The number of fused-ring (bicyclic) bond motifs is 1. The zero-order chi connectivity index (χ0) is 17.4. The Bertz CT molecular complexity index is 663. The highest BCUT2D eigenvalue weighted by Crippen LogP contribution is 2.22. The molecule has 0 atom stereocenters. The molecule has 1 heterocycles. The van der Waals surface area contributed by atoms with E-state index in [1.165, 1.54) is 6.07 Å². The highest BCUT2D eigenvalue weighted by Gasteiger charge is 2.19. The Morgan fingerprint density at radius 3 is 2.79 bits per heavy atom. The Morgan fingerprint density at radius 2 is 2.00 bits per heavy atom. The first-order chi connectivity index (χ1) is 11.5. The fourth-order valence-corrected chi connectivity index (χ4v) is 3.24. The maximum Gasteiger partial charge on any atom is 0.241 e. The van der Waals surface area contributed by atoms with E-state index < -0.39 is 10.0 Å². The van der Waals surface area contributed by atoms with E-state index in [-0.39, 0.29) is 17.3 Å². The van der Waals surface area contributed by atoms with E-state index in [9.17, 15) is 13.2 Å². The maximum absolute atomic E-state index is 12.2. The molecule has 0 saturated carbocycles. The number of methoxy groups -OCH3 is 1. The monoisotopic (exact) mass is 357 g/mol. The molecule has 0 aliphatic carbocycles. The summed E-state index contributed by atoms with van der Waals surface area (Å²) >= 11 is 0. The highest BCUT2D eigenvalue weighted by molar-refractivity contribution is 7.89. The van der Waals surface area contributed by atoms with Gasteiger partial charge in [0.05, 0.1) is 31.3 Å². The summed E-state index contributed by atoms with van der Waals surface area (Å²) in [5, 5.41) is 5.71. The van der Waals surface area contributed by atoms with Gasteiger partial charge >= 0.3 is 0 Å². The van der Waals surface area contributed by atoms with Crippen molar-refractivity contribution in [2.45, 2.75) is 18.1 Å². The van der Waals surface area contributed by atoms with Crippen LogP contribution in [0.5, 0.6) is 0 Å². The first kappa shape index (κ1) is 18.8. The molecule has 2 rings (SSSR count). The number of benzene rings is 1. The SMILES string of the molecule is COCCNCCNC(=O)CNS(=O)(=O)c1ccc2c(c1)COC2. The van der Waals surface area contributed by atoms with E-state index in [1.54, 1.807) is 19.2 Å². The van der Waals surface area contributed by atoms with Crippen LogP contribution in [0.3, 0.4) is 0 Å². The van der Waals surface area contributed by atoms with Gasteiger partial charge in [0, 0.05) is 26.7 Å². The molecule has 0 unspecified atom stereocenters. The van der Waals surface area contributed by atoms with Crippen LogP contribution in [0.4, 0.5) is 0 Å². The Balaban J connectivity index is 1.75. The molecule has 0 radical (unpaired) electrons. The number of amides is 1. The molecule has 9 heteroatoms. The smallest absolute Gasteiger partial charge is 0.241 e. The molecule has 0 saturated heterocycles. The third-order valence-electron chi connectivity index (χ3n) is 3.53. The lowest BCUT2D eigenvalue weighted by molar-refractivity contribution is -0.119. The molecule has 0 spiro atoms. The Kier molecular flexibility index (Phi) is 7.13. The zero-order valence-electron chi connectivity index (χ0n) is 13.6. The third-order valence-corrected chi connectivity index (χ3v) is 4.93. The van der Waals surface area contributed by atoms with Gasteiger partial charge in [0.2, 0.25) is 15.9 Å². The van der Waals surface area contributed by atoms with Crippen molar-refractivity contribution in [2.75, 3.05) is 39.9 Å². The number of sulfonamides is 1. The highest BCUT2D eigenvalue weighted by atomic mass is 32.2. The fraction of sp³-hybridized carbons (Fsp3) is 0.533. The molecule has 1 aliphatic rings. The van der Waals surface area contributed by atoms with Crippen molar-refractivity contribution < 1.29 is 22.7 Å². The molecule has 0 aromatic heterocycles. The lowest BCUT2D eigenvalue weighted by Gasteiger charge is -2.09. The number of carbonyl (C=O) groups excluding carboxylic acids is 1. The Hall–Kier alpha value is -1.52. The van der Waals surface area contributed by atoms with Crippen LogP contribution in [0.25, 0.3) is 0 Å². The second-order valence-corrected chi connectivity index (χ2v) is 7.11. The number of hydrogen-bond acceptors (Lipinski definition) is 6. The normalized spacial score (nSPS) is 13.7. The van der Waals surface area contributed by atoms with E-state index in [1.807, 2.05) is 0 Å². The minimum atomic E-state index is -3.72. The first-order valence-electron chi connectivity index (χ1n) is 7.68. The van der Waals surface area contributed by atoms with Gasteiger partial charge in [-0.15, -0.1) is 0 Å². The average Bonchev–Trinajstić information content (AvgIpc) is 3.04. The van der Waals surface area contributed by atoms with Gasteiger partial charge in [-0.05, 0) is 23.3 Å². The number of rotatable bonds is 10. The number of ether oxygens (including phenoxy) is 2. The molecule has 8 nitrogen and oxygen atoms in total. The van der Waals surface area contributed by atoms with Crippen LogP contribution < -0.4 is 15.4 Å². The van der Waals surface area contributed by atoms with E-state index in [0.717, 1.165) is 11.1 Å². The molecule has 3 N–H and O–H groups in total. The van der Waals surface area contributed by atoms with Crippen LogP contribution in [-0.2, 0) is 37.5 Å². The summed E-state index contributed by atoms with van der Waals surface area (Å²) in [6.45, 7) is 2.92. The second-order valence-electron chi connectivity index (χ2n) is 5.34. The zero-order valence-corrected chi connectivity index (χ0v) is 14.4. The lowest BCUT2D eigenvalue weighted by Crippen LogP contribution is -2.39. The largest absolute Gasteiger partial charge is 0.383 e. The van der Waals surface area contributed by atoms with Crippen LogP contribution in [0.15, 0.2) is 23.1 Å².